The molecular formula is C12H21N5O. The molecule has 0 bridgehead atoms. The van der Waals surface area contributed by atoms with Gasteiger partial charge < -0.3 is 15.4 Å². The zero-order valence-electron chi connectivity index (χ0n) is 10.9. The second kappa shape index (κ2) is 5.49. The Labute approximate surface area is 107 Å². The van der Waals surface area contributed by atoms with E-state index in [1.165, 1.54) is 0 Å². The van der Waals surface area contributed by atoms with Crippen LogP contribution in [0.25, 0.3) is 0 Å². The first-order chi connectivity index (χ1) is 8.62. The average Bonchev–Trinajstić information content (AvgIpc) is 2.36. The number of nitrogens with zero attached hydrogens (tertiary/aromatic N) is 3. The number of aromatic nitrogens is 2. The second-order valence-corrected chi connectivity index (χ2v) is 4.90. The zero-order valence-corrected chi connectivity index (χ0v) is 10.9. The minimum absolute atomic E-state index is 0.110. The van der Waals surface area contributed by atoms with Crippen LogP contribution in [0, 0.1) is 5.92 Å². The standard InChI is InChI=1S/C12H21N5O/c1-3-10-14-11(16-13)6-12(15-10)17(2)7-8-4-9(18)5-8/h6,8-9,18H,3-5,7,13H2,1-2H3,(H,14,15,16). The van der Waals surface area contributed by atoms with E-state index < -0.39 is 0 Å². The Morgan fingerprint density at radius 2 is 2.22 bits per heavy atom. The molecule has 1 aromatic rings. The van der Waals surface area contributed by atoms with Crippen molar-refractivity contribution in [3.63, 3.8) is 0 Å². The van der Waals surface area contributed by atoms with Crippen LogP contribution < -0.4 is 16.2 Å². The number of hydrazine groups is 1. The van der Waals surface area contributed by atoms with E-state index in [-0.39, 0.29) is 6.10 Å². The van der Waals surface area contributed by atoms with Gasteiger partial charge in [0.15, 0.2) is 0 Å². The lowest BCUT2D eigenvalue weighted by Crippen LogP contribution is -2.37. The Balaban J connectivity index is 2.06. The maximum Gasteiger partial charge on any atom is 0.145 e. The maximum absolute atomic E-state index is 9.30. The molecule has 4 N–H and O–H groups in total. The van der Waals surface area contributed by atoms with Crippen LogP contribution in [0.2, 0.25) is 0 Å². The molecule has 1 aliphatic carbocycles. The van der Waals surface area contributed by atoms with Gasteiger partial charge >= 0.3 is 0 Å². The van der Waals surface area contributed by atoms with Gasteiger partial charge in [-0.2, -0.15) is 0 Å². The van der Waals surface area contributed by atoms with Crippen LogP contribution in [0.5, 0.6) is 0 Å². The van der Waals surface area contributed by atoms with Gasteiger partial charge in [0.25, 0.3) is 0 Å². The molecule has 1 saturated carbocycles. The highest BCUT2D eigenvalue weighted by Crippen LogP contribution is 2.28. The molecule has 6 nitrogen and oxygen atoms in total. The molecule has 0 amide bonds. The normalized spacial score (nSPS) is 22.4. The van der Waals surface area contributed by atoms with E-state index in [4.69, 9.17) is 5.84 Å². The number of anilines is 2. The van der Waals surface area contributed by atoms with Gasteiger partial charge in [-0.15, -0.1) is 0 Å². The summed E-state index contributed by atoms with van der Waals surface area (Å²) in [7, 11) is 2.01. The fourth-order valence-corrected chi connectivity index (χ4v) is 2.24. The van der Waals surface area contributed by atoms with Crippen LogP contribution >= 0.6 is 0 Å². The second-order valence-electron chi connectivity index (χ2n) is 4.90. The molecule has 0 saturated heterocycles. The Bertz CT molecular complexity index is 383. The van der Waals surface area contributed by atoms with Gasteiger partial charge in [-0.25, -0.2) is 15.8 Å². The number of nitrogens with one attached hydrogen (secondary N) is 1. The predicted octanol–water partition coefficient (Wildman–Crippen LogP) is 0.532. The molecule has 0 aliphatic heterocycles. The van der Waals surface area contributed by atoms with Crippen molar-refractivity contribution in [3.05, 3.63) is 11.9 Å². The lowest BCUT2D eigenvalue weighted by Gasteiger charge is -2.34. The first kappa shape index (κ1) is 13.0. The molecule has 100 valence electrons. The summed E-state index contributed by atoms with van der Waals surface area (Å²) in [5.74, 6) is 8.25. The van der Waals surface area contributed by atoms with Gasteiger partial charge in [0.05, 0.1) is 6.10 Å². The van der Waals surface area contributed by atoms with E-state index in [9.17, 15) is 5.11 Å². The van der Waals surface area contributed by atoms with Gasteiger partial charge in [-0.05, 0) is 18.8 Å². The average molecular weight is 251 g/mol. The monoisotopic (exact) mass is 251 g/mol. The number of hydrogen-bond donors (Lipinski definition) is 3. The third-order valence-corrected chi connectivity index (χ3v) is 3.36. The van der Waals surface area contributed by atoms with Crippen LogP contribution in [-0.4, -0.2) is 34.8 Å². The quantitative estimate of drug-likeness (QED) is 0.523. The van der Waals surface area contributed by atoms with Crippen LogP contribution in [-0.2, 0) is 6.42 Å². The van der Waals surface area contributed by atoms with Gasteiger partial charge in [0.2, 0.25) is 0 Å². The third kappa shape index (κ3) is 2.88. The first-order valence-electron chi connectivity index (χ1n) is 6.36. The van der Waals surface area contributed by atoms with Gasteiger partial charge in [0.1, 0.15) is 17.5 Å². The Hall–Kier alpha value is -1.40. The van der Waals surface area contributed by atoms with E-state index in [1.807, 2.05) is 20.0 Å². The highest BCUT2D eigenvalue weighted by molar-refractivity contribution is 5.48. The minimum Gasteiger partial charge on any atom is -0.393 e. The number of nitrogens with two attached hydrogens (primary N) is 1. The van der Waals surface area contributed by atoms with Gasteiger partial charge in [0, 0.05) is 26.1 Å². The summed E-state index contributed by atoms with van der Waals surface area (Å²) >= 11 is 0. The largest absolute Gasteiger partial charge is 0.393 e. The minimum atomic E-state index is -0.110. The topological polar surface area (TPSA) is 87.3 Å². The van der Waals surface area contributed by atoms with Crippen LogP contribution in [0.3, 0.4) is 0 Å². The summed E-state index contributed by atoms with van der Waals surface area (Å²) in [6.07, 6.45) is 2.44. The zero-order chi connectivity index (χ0) is 13.1. The highest BCUT2D eigenvalue weighted by Gasteiger charge is 2.28. The molecule has 0 atom stereocenters. The molecular weight excluding hydrogens is 230 g/mol. The highest BCUT2D eigenvalue weighted by atomic mass is 16.3. The summed E-state index contributed by atoms with van der Waals surface area (Å²) in [6.45, 7) is 2.92. The summed E-state index contributed by atoms with van der Waals surface area (Å²) in [6, 6.07) is 1.84. The molecule has 1 aromatic heterocycles. The molecule has 0 unspecified atom stereocenters. The van der Waals surface area contributed by atoms with Crippen LogP contribution in [0.4, 0.5) is 11.6 Å². The van der Waals surface area contributed by atoms with E-state index in [1.54, 1.807) is 0 Å². The molecule has 1 aliphatic rings. The Kier molecular flexibility index (Phi) is 3.98. The lowest BCUT2D eigenvalue weighted by atomic mass is 9.82. The molecule has 0 spiro atoms. The van der Waals surface area contributed by atoms with Crippen LogP contribution in [0.1, 0.15) is 25.6 Å². The number of hydrogen-bond acceptors (Lipinski definition) is 6. The SMILES string of the molecule is CCc1nc(NN)cc(N(C)CC2CC(O)C2)n1. The molecule has 1 heterocycles. The van der Waals surface area contributed by atoms with Crippen molar-refractivity contribution in [3.8, 4) is 0 Å². The van der Waals surface area contributed by atoms with E-state index in [0.29, 0.717) is 11.7 Å². The van der Waals surface area contributed by atoms with E-state index in [0.717, 1.165) is 37.4 Å². The summed E-state index contributed by atoms with van der Waals surface area (Å²) in [4.78, 5) is 10.8. The number of aryl methyl sites for hydroxylation is 1. The maximum atomic E-state index is 9.30. The number of aliphatic hydroxyl groups is 1. The molecule has 2 rings (SSSR count). The molecule has 6 heteroatoms. The van der Waals surface area contributed by atoms with E-state index >= 15 is 0 Å². The van der Waals surface area contributed by atoms with E-state index in [2.05, 4.69) is 20.3 Å². The number of aliphatic hydroxyl groups excluding tert-OH is 1. The van der Waals surface area contributed by atoms with Gasteiger partial charge in [-0.1, -0.05) is 6.92 Å². The fraction of sp³-hybridized carbons (Fsp3) is 0.667. The fourth-order valence-electron chi connectivity index (χ4n) is 2.24. The Morgan fingerprint density at radius 3 is 2.78 bits per heavy atom. The smallest absolute Gasteiger partial charge is 0.145 e. The summed E-state index contributed by atoms with van der Waals surface area (Å²) < 4.78 is 0. The molecule has 1 fully saturated rings. The molecule has 0 radical (unpaired) electrons. The van der Waals surface area contributed by atoms with Crippen molar-refractivity contribution >= 4 is 11.6 Å². The lowest BCUT2D eigenvalue weighted by molar-refractivity contribution is 0.0464. The van der Waals surface area contributed by atoms with Crippen LogP contribution in [0.15, 0.2) is 6.07 Å². The van der Waals surface area contributed by atoms with Crippen molar-refractivity contribution in [2.45, 2.75) is 32.3 Å². The van der Waals surface area contributed by atoms with Crippen molar-refractivity contribution < 1.29 is 5.11 Å². The molecule has 0 aromatic carbocycles. The third-order valence-electron chi connectivity index (χ3n) is 3.36. The molecule has 18 heavy (non-hydrogen) atoms. The van der Waals surface area contributed by atoms with Crippen molar-refractivity contribution in [1.82, 2.24) is 9.97 Å². The first-order valence-corrected chi connectivity index (χ1v) is 6.36. The predicted molar refractivity (Wildman–Crippen MR) is 71.2 cm³/mol. The summed E-state index contributed by atoms with van der Waals surface area (Å²) in [5.41, 5.74) is 2.57. The Morgan fingerprint density at radius 1 is 1.50 bits per heavy atom. The van der Waals surface area contributed by atoms with Crippen molar-refractivity contribution in [2.24, 2.45) is 11.8 Å². The van der Waals surface area contributed by atoms with Crippen molar-refractivity contribution in [1.29, 1.82) is 0 Å². The van der Waals surface area contributed by atoms with Crippen molar-refractivity contribution in [2.75, 3.05) is 23.9 Å². The number of nitrogen functional groups attached to an aromatic ring is 1. The van der Waals surface area contributed by atoms with Gasteiger partial charge in [-0.3, -0.25) is 0 Å². The number of rotatable bonds is 5. The summed E-state index contributed by atoms with van der Waals surface area (Å²) in [5, 5.41) is 9.30.